The molecular weight excluding hydrogens is 270 g/mol. The van der Waals surface area contributed by atoms with Crippen molar-refractivity contribution in [2.45, 2.75) is 13.3 Å². The van der Waals surface area contributed by atoms with E-state index in [0.717, 1.165) is 17.5 Å². The van der Waals surface area contributed by atoms with E-state index in [1.165, 1.54) is 19.2 Å². The first-order valence-electron chi connectivity index (χ1n) is 6.53. The maximum absolute atomic E-state index is 11.5. The van der Waals surface area contributed by atoms with E-state index in [9.17, 15) is 14.9 Å². The van der Waals surface area contributed by atoms with Gasteiger partial charge in [-0.3, -0.25) is 10.1 Å². The largest absolute Gasteiger partial charge is 0.465 e. The molecule has 0 bridgehead atoms. The quantitative estimate of drug-likeness (QED) is 0.489. The number of carbonyl (C=O) groups is 1. The lowest BCUT2D eigenvalue weighted by molar-refractivity contribution is -0.384. The molecule has 0 radical (unpaired) electrons. The predicted molar refractivity (Wildman–Crippen MR) is 79.2 cm³/mol. The summed E-state index contributed by atoms with van der Waals surface area (Å²) in [5, 5.41) is 11.3. The van der Waals surface area contributed by atoms with E-state index < -0.39 is 10.9 Å². The van der Waals surface area contributed by atoms with Crippen LogP contribution in [0.2, 0.25) is 0 Å². The average molecular weight is 285 g/mol. The molecule has 2 rings (SSSR count). The Labute approximate surface area is 122 Å². The number of nitrogens with zero attached hydrogens (tertiary/aromatic N) is 1. The highest BCUT2D eigenvalue weighted by Gasteiger charge is 2.19. The zero-order valence-electron chi connectivity index (χ0n) is 11.8. The van der Waals surface area contributed by atoms with Crippen LogP contribution in [0, 0.1) is 10.1 Å². The summed E-state index contributed by atoms with van der Waals surface area (Å²) in [6, 6.07) is 11.9. The summed E-state index contributed by atoms with van der Waals surface area (Å²) in [6.07, 6.45) is 0.849. The van der Waals surface area contributed by atoms with Crippen LogP contribution in [-0.2, 0) is 11.2 Å². The maximum Gasteiger partial charge on any atom is 0.338 e. The molecule has 2 aromatic carbocycles. The highest BCUT2D eigenvalue weighted by Crippen LogP contribution is 2.31. The van der Waals surface area contributed by atoms with E-state index in [4.69, 9.17) is 0 Å². The summed E-state index contributed by atoms with van der Waals surface area (Å²) in [4.78, 5) is 22.3. The highest BCUT2D eigenvalue weighted by molar-refractivity contribution is 5.92. The number of carbonyl (C=O) groups excluding carboxylic acids is 1. The summed E-state index contributed by atoms with van der Waals surface area (Å²) >= 11 is 0. The first kappa shape index (κ1) is 14.7. The van der Waals surface area contributed by atoms with E-state index in [1.54, 1.807) is 6.07 Å². The summed E-state index contributed by atoms with van der Waals surface area (Å²) in [5.74, 6) is -0.591. The van der Waals surface area contributed by atoms with Crippen LogP contribution < -0.4 is 0 Å². The Morgan fingerprint density at radius 3 is 2.62 bits per heavy atom. The number of nitro groups is 1. The molecule has 0 saturated carbocycles. The van der Waals surface area contributed by atoms with Crippen LogP contribution in [0.15, 0.2) is 42.5 Å². The molecule has 21 heavy (non-hydrogen) atoms. The van der Waals surface area contributed by atoms with Crippen molar-refractivity contribution in [3.63, 3.8) is 0 Å². The number of rotatable bonds is 4. The molecule has 0 heterocycles. The maximum atomic E-state index is 11.5. The lowest BCUT2D eigenvalue weighted by atomic mass is 9.99. The van der Waals surface area contributed by atoms with Crippen molar-refractivity contribution >= 4 is 11.7 Å². The lowest BCUT2D eigenvalue weighted by Crippen LogP contribution is -2.03. The van der Waals surface area contributed by atoms with Gasteiger partial charge in [0, 0.05) is 6.07 Å². The number of esters is 1. The van der Waals surface area contributed by atoms with E-state index in [-0.39, 0.29) is 11.3 Å². The molecule has 0 atom stereocenters. The van der Waals surface area contributed by atoms with Crippen LogP contribution in [0.25, 0.3) is 11.1 Å². The van der Waals surface area contributed by atoms with Crippen LogP contribution in [0.1, 0.15) is 22.8 Å². The van der Waals surface area contributed by atoms with E-state index in [2.05, 4.69) is 4.74 Å². The van der Waals surface area contributed by atoms with Crippen molar-refractivity contribution in [1.29, 1.82) is 0 Å². The van der Waals surface area contributed by atoms with Crippen molar-refractivity contribution < 1.29 is 14.5 Å². The van der Waals surface area contributed by atoms with Crippen LogP contribution in [0.3, 0.4) is 0 Å². The van der Waals surface area contributed by atoms with Gasteiger partial charge in [-0.15, -0.1) is 0 Å². The zero-order chi connectivity index (χ0) is 15.4. The standard InChI is InChI=1S/C16H15NO4/c1-3-11-5-4-6-12(9-11)14-8-7-13(16(18)21-2)10-15(14)17(19)20/h4-10H,3H2,1-2H3. The lowest BCUT2D eigenvalue weighted by Gasteiger charge is -2.07. The molecule has 0 unspecified atom stereocenters. The minimum absolute atomic E-state index is 0.105. The van der Waals surface area contributed by atoms with Gasteiger partial charge in [0.25, 0.3) is 5.69 Å². The Bertz CT molecular complexity index is 694. The molecule has 0 aliphatic heterocycles. The summed E-state index contributed by atoms with van der Waals surface area (Å²) in [7, 11) is 1.24. The minimum Gasteiger partial charge on any atom is -0.465 e. The molecule has 5 nitrogen and oxygen atoms in total. The number of methoxy groups -OCH3 is 1. The van der Waals surface area contributed by atoms with Gasteiger partial charge in [-0.05, 0) is 29.7 Å². The number of aryl methyl sites for hydroxylation is 1. The van der Waals surface area contributed by atoms with Crippen LogP contribution in [0.4, 0.5) is 5.69 Å². The summed E-state index contributed by atoms with van der Waals surface area (Å²) < 4.78 is 4.59. The average Bonchev–Trinajstić information content (AvgIpc) is 2.53. The normalized spacial score (nSPS) is 10.2. The summed E-state index contributed by atoms with van der Waals surface area (Å²) in [6.45, 7) is 2.02. The molecule has 0 spiro atoms. The first-order valence-corrected chi connectivity index (χ1v) is 6.53. The molecule has 0 aromatic heterocycles. The number of hydrogen-bond acceptors (Lipinski definition) is 4. The molecule has 108 valence electrons. The van der Waals surface area contributed by atoms with E-state index >= 15 is 0 Å². The molecule has 0 saturated heterocycles. The van der Waals surface area contributed by atoms with Gasteiger partial charge >= 0.3 is 5.97 Å². The first-order chi connectivity index (χ1) is 10.1. The summed E-state index contributed by atoms with van der Waals surface area (Å²) in [5.41, 5.74) is 2.41. The van der Waals surface area contributed by atoms with Gasteiger partial charge in [0.05, 0.1) is 23.2 Å². The third-order valence-electron chi connectivity index (χ3n) is 3.26. The second-order valence-electron chi connectivity index (χ2n) is 4.53. The van der Waals surface area contributed by atoms with Crippen molar-refractivity contribution in [2.75, 3.05) is 7.11 Å². The van der Waals surface area contributed by atoms with Gasteiger partial charge < -0.3 is 4.74 Å². The predicted octanol–water partition coefficient (Wildman–Crippen LogP) is 3.61. The van der Waals surface area contributed by atoms with Crippen LogP contribution in [-0.4, -0.2) is 18.0 Å². The van der Waals surface area contributed by atoms with Gasteiger partial charge in [-0.1, -0.05) is 31.2 Å². The highest BCUT2D eigenvalue weighted by atomic mass is 16.6. The molecule has 0 N–H and O–H groups in total. The monoisotopic (exact) mass is 285 g/mol. The fraction of sp³-hybridized carbons (Fsp3) is 0.188. The van der Waals surface area contributed by atoms with E-state index in [1.807, 2.05) is 31.2 Å². The van der Waals surface area contributed by atoms with Gasteiger partial charge in [-0.2, -0.15) is 0 Å². The topological polar surface area (TPSA) is 69.4 Å². The Balaban J connectivity index is 2.57. The van der Waals surface area contributed by atoms with Gasteiger partial charge in [0.15, 0.2) is 0 Å². The van der Waals surface area contributed by atoms with Gasteiger partial charge in [-0.25, -0.2) is 4.79 Å². The molecule has 0 amide bonds. The minimum atomic E-state index is -0.591. The fourth-order valence-corrected chi connectivity index (χ4v) is 2.13. The third kappa shape index (κ3) is 3.08. The number of nitro benzene ring substituents is 1. The molecule has 2 aromatic rings. The second-order valence-corrected chi connectivity index (χ2v) is 4.53. The number of hydrogen-bond donors (Lipinski definition) is 0. The zero-order valence-corrected chi connectivity index (χ0v) is 11.8. The van der Waals surface area contributed by atoms with Crippen molar-refractivity contribution in [3.8, 4) is 11.1 Å². The van der Waals surface area contributed by atoms with Crippen molar-refractivity contribution in [3.05, 3.63) is 63.7 Å². The molecule has 0 fully saturated rings. The Morgan fingerprint density at radius 2 is 2.00 bits per heavy atom. The molecule has 5 heteroatoms. The molecule has 0 aliphatic rings. The Hall–Kier alpha value is -2.69. The second kappa shape index (κ2) is 6.17. The molecule has 0 aliphatic carbocycles. The van der Waals surface area contributed by atoms with Gasteiger partial charge in [0.1, 0.15) is 0 Å². The number of ether oxygens (including phenoxy) is 1. The van der Waals surface area contributed by atoms with Crippen LogP contribution in [0.5, 0.6) is 0 Å². The van der Waals surface area contributed by atoms with Crippen LogP contribution >= 0.6 is 0 Å². The smallest absolute Gasteiger partial charge is 0.338 e. The van der Waals surface area contributed by atoms with Gasteiger partial charge in [0.2, 0.25) is 0 Å². The Morgan fingerprint density at radius 1 is 1.24 bits per heavy atom. The fourth-order valence-electron chi connectivity index (χ4n) is 2.13. The molecular formula is C16H15NO4. The SMILES string of the molecule is CCc1cccc(-c2ccc(C(=O)OC)cc2[N+](=O)[O-])c1. The van der Waals surface area contributed by atoms with Crippen molar-refractivity contribution in [1.82, 2.24) is 0 Å². The number of benzene rings is 2. The Kier molecular flexibility index (Phi) is 4.33. The third-order valence-corrected chi connectivity index (χ3v) is 3.26. The van der Waals surface area contributed by atoms with E-state index in [0.29, 0.717) is 5.56 Å². The van der Waals surface area contributed by atoms with Crippen molar-refractivity contribution in [2.24, 2.45) is 0 Å².